The van der Waals surface area contributed by atoms with Gasteiger partial charge in [-0.2, -0.15) is 0 Å². The molecule has 0 unspecified atom stereocenters. The second-order valence-electron chi connectivity index (χ2n) is 5.77. The van der Waals surface area contributed by atoms with Crippen LogP contribution in [-0.2, 0) is 14.8 Å². The fourth-order valence-electron chi connectivity index (χ4n) is 1.88. The number of nitrogens with zero attached hydrogens (tertiary/aromatic N) is 1. The minimum atomic E-state index is -3.77. The van der Waals surface area contributed by atoms with Crippen LogP contribution in [0.5, 0.6) is 0 Å². The van der Waals surface area contributed by atoms with Crippen molar-refractivity contribution < 1.29 is 17.9 Å². The molecule has 22 heavy (non-hydrogen) atoms. The predicted molar refractivity (Wildman–Crippen MR) is 85.4 cm³/mol. The molecule has 8 heteroatoms. The van der Waals surface area contributed by atoms with Gasteiger partial charge in [0.1, 0.15) is 4.90 Å². The maximum atomic E-state index is 12.6. The van der Waals surface area contributed by atoms with Crippen molar-refractivity contribution in [2.75, 3.05) is 27.2 Å². The van der Waals surface area contributed by atoms with E-state index in [-0.39, 0.29) is 27.4 Å². The zero-order chi connectivity index (χ0) is 17.1. The van der Waals surface area contributed by atoms with E-state index < -0.39 is 16.0 Å². The van der Waals surface area contributed by atoms with Crippen molar-refractivity contribution in [3.05, 3.63) is 28.8 Å². The Morgan fingerprint density at radius 2 is 2.00 bits per heavy atom. The average molecular weight is 349 g/mol. The predicted octanol–water partition coefficient (Wildman–Crippen LogP) is 1.73. The molecular formula is C14H21ClN2O4S. The first kappa shape index (κ1) is 18.9. The molecule has 0 saturated carbocycles. The number of rotatable bonds is 6. The number of ether oxygens (including phenoxy) is 1. The highest BCUT2D eigenvalue weighted by Crippen LogP contribution is 2.27. The van der Waals surface area contributed by atoms with Crippen molar-refractivity contribution >= 4 is 27.6 Å². The van der Waals surface area contributed by atoms with Crippen LogP contribution in [0.15, 0.2) is 23.1 Å². The number of hydrogen-bond donors (Lipinski definition) is 1. The molecule has 1 aromatic rings. The van der Waals surface area contributed by atoms with Gasteiger partial charge in [0.05, 0.1) is 17.7 Å². The highest BCUT2D eigenvalue weighted by Gasteiger charge is 2.29. The average Bonchev–Trinajstić information content (AvgIpc) is 2.45. The van der Waals surface area contributed by atoms with Gasteiger partial charge in [0.2, 0.25) is 10.0 Å². The minimum Gasteiger partial charge on any atom is -0.465 e. The van der Waals surface area contributed by atoms with E-state index in [4.69, 9.17) is 17.3 Å². The Hall–Kier alpha value is -1.15. The molecule has 0 saturated heterocycles. The van der Waals surface area contributed by atoms with E-state index in [1.54, 1.807) is 0 Å². The van der Waals surface area contributed by atoms with Gasteiger partial charge in [0.25, 0.3) is 0 Å². The number of carbonyl (C=O) groups excluding carboxylic acids is 1. The Labute approximate surface area is 136 Å². The van der Waals surface area contributed by atoms with Crippen molar-refractivity contribution in [1.29, 1.82) is 0 Å². The molecule has 0 spiro atoms. The topological polar surface area (TPSA) is 89.7 Å². The highest BCUT2D eigenvalue weighted by molar-refractivity contribution is 7.89. The van der Waals surface area contributed by atoms with Crippen molar-refractivity contribution in [2.45, 2.75) is 18.7 Å². The molecule has 1 aromatic carbocycles. The summed E-state index contributed by atoms with van der Waals surface area (Å²) < 4.78 is 30.9. The molecule has 0 aliphatic rings. The van der Waals surface area contributed by atoms with Gasteiger partial charge < -0.3 is 10.5 Å². The largest absolute Gasteiger partial charge is 0.465 e. The molecule has 6 nitrogen and oxygen atoms in total. The summed E-state index contributed by atoms with van der Waals surface area (Å²) in [5.74, 6) is -0.580. The first-order chi connectivity index (χ1) is 10.0. The molecule has 0 fully saturated rings. The molecular weight excluding hydrogens is 328 g/mol. The van der Waals surface area contributed by atoms with Gasteiger partial charge in [0.15, 0.2) is 0 Å². The second-order valence-corrected chi connectivity index (χ2v) is 8.19. The van der Waals surface area contributed by atoms with Crippen molar-refractivity contribution in [2.24, 2.45) is 11.1 Å². The summed E-state index contributed by atoms with van der Waals surface area (Å²) in [6.07, 6.45) is 0. The van der Waals surface area contributed by atoms with Crippen LogP contribution in [0.4, 0.5) is 0 Å². The maximum absolute atomic E-state index is 12.6. The van der Waals surface area contributed by atoms with Crippen LogP contribution in [-0.4, -0.2) is 45.9 Å². The number of carbonyl (C=O) groups is 1. The fourth-order valence-corrected chi connectivity index (χ4v) is 3.75. The summed E-state index contributed by atoms with van der Waals surface area (Å²) >= 11 is 6.03. The molecule has 0 atom stereocenters. The van der Waals surface area contributed by atoms with Gasteiger partial charge >= 0.3 is 5.97 Å². The number of benzene rings is 1. The van der Waals surface area contributed by atoms with Crippen molar-refractivity contribution in [1.82, 2.24) is 4.31 Å². The Bertz CT molecular complexity index is 659. The number of halogens is 1. The molecule has 124 valence electrons. The lowest BCUT2D eigenvalue weighted by Crippen LogP contribution is -2.39. The molecule has 0 aromatic heterocycles. The quantitative estimate of drug-likeness (QED) is 0.791. The lowest BCUT2D eigenvalue weighted by molar-refractivity contribution is 0.0600. The molecule has 1 rings (SSSR count). The molecule has 0 radical (unpaired) electrons. The van der Waals surface area contributed by atoms with E-state index >= 15 is 0 Å². The number of hydrogen-bond acceptors (Lipinski definition) is 5. The lowest BCUT2D eigenvalue weighted by atomic mass is 9.94. The third-order valence-electron chi connectivity index (χ3n) is 3.24. The Kier molecular flexibility index (Phi) is 5.97. The van der Waals surface area contributed by atoms with E-state index in [0.717, 1.165) is 0 Å². The summed E-state index contributed by atoms with van der Waals surface area (Å²) in [5, 5.41) is -0.0275. The van der Waals surface area contributed by atoms with Gasteiger partial charge in [-0.3, -0.25) is 0 Å². The van der Waals surface area contributed by atoms with E-state index in [1.165, 1.54) is 36.7 Å². The summed E-state index contributed by atoms with van der Waals surface area (Å²) in [5.41, 5.74) is 5.47. The van der Waals surface area contributed by atoms with Gasteiger partial charge in [-0.15, -0.1) is 0 Å². The number of esters is 1. The van der Waals surface area contributed by atoms with Crippen LogP contribution in [0.1, 0.15) is 24.2 Å². The van der Waals surface area contributed by atoms with E-state index in [9.17, 15) is 13.2 Å². The Morgan fingerprint density at radius 3 is 2.45 bits per heavy atom. The smallest absolute Gasteiger partial charge is 0.337 e. The fraction of sp³-hybridized carbons (Fsp3) is 0.500. The molecule has 0 heterocycles. The summed E-state index contributed by atoms with van der Waals surface area (Å²) in [6, 6.07) is 3.95. The van der Waals surface area contributed by atoms with Gasteiger partial charge in [-0.1, -0.05) is 25.4 Å². The molecule has 0 aliphatic heterocycles. The molecule has 0 amide bonds. The zero-order valence-electron chi connectivity index (χ0n) is 13.1. The van der Waals surface area contributed by atoms with Gasteiger partial charge in [0, 0.05) is 13.6 Å². The molecule has 2 N–H and O–H groups in total. The van der Waals surface area contributed by atoms with Gasteiger partial charge in [-0.25, -0.2) is 17.5 Å². The first-order valence-corrected chi connectivity index (χ1v) is 8.41. The number of nitrogens with two attached hydrogens (primary N) is 1. The van der Waals surface area contributed by atoms with Crippen molar-refractivity contribution in [3.8, 4) is 0 Å². The van der Waals surface area contributed by atoms with Crippen LogP contribution >= 0.6 is 11.6 Å². The van der Waals surface area contributed by atoms with E-state index in [1.807, 2.05) is 13.8 Å². The third-order valence-corrected chi connectivity index (χ3v) is 5.53. The lowest BCUT2D eigenvalue weighted by Gasteiger charge is -2.28. The Balaban J connectivity index is 3.16. The molecule has 0 bridgehead atoms. The highest BCUT2D eigenvalue weighted by atomic mass is 35.5. The van der Waals surface area contributed by atoms with Crippen LogP contribution in [0.3, 0.4) is 0 Å². The van der Waals surface area contributed by atoms with Gasteiger partial charge in [-0.05, 0) is 30.2 Å². The maximum Gasteiger partial charge on any atom is 0.337 e. The summed E-state index contributed by atoms with van der Waals surface area (Å²) in [4.78, 5) is 11.4. The Morgan fingerprint density at radius 1 is 1.41 bits per heavy atom. The monoisotopic (exact) mass is 348 g/mol. The van der Waals surface area contributed by atoms with Crippen molar-refractivity contribution in [3.63, 3.8) is 0 Å². The first-order valence-electron chi connectivity index (χ1n) is 6.59. The van der Waals surface area contributed by atoms with Crippen LogP contribution in [0.25, 0.3) is 0 Å². The zero-order valence-corrected chi connectivity index (χ0v) is 14.7. The second kappa shape index (κ2) is 6.95. The van der Waals surface area contributed by atoms with E-state index in [2.05, 4.69) is 4.74 Å². The van der Waals surface area contributed by atoms with Crippen LogP contribution < -0.4 is 5.73 Å². The summed E-state index contributed by atoms with van der Waals surface area (Å²) in [6.45, 7) is 4.35. The number of methoxy groups -OCH3 is 1. The van der Waals surface area contributed by atoms with Crippen LogP contribution in [0.2, 0.25) is 5.02 Å². The minimum absolute atomic E-state index is 0.0275. The SMILES string of the molecule is COC(=O)c1ccc(S(=O)(=O)N(C)CC(C)(C)CN)c(Cl)c1. The third kappa shape index (κ3) is 4.19. The van der Waals surface area contributed by atoms with Crippen LogP contribution in [0, 0.1) is 5.41 Å². The standard InChI is InChI=1S/C14H21ClN2O4S/c1-14(2,8-16)9-17(3)22(19,20)12-6-5-10(7-11(12)15)13(18)21-4/h5-7H,8-9,16H2,1-4H3. The summed E-state index contributed by atoms with van der Waals surface area (Å²) in [7, 11) is -1.06. The molecule has 0 aliphatic carbocycles. The normalized spacial score (nSPS) is 12.5. The van der Waals surface area contributed by atoms with E-state index in [0.29, 0.717) is 6.54 Å². The number of sulfonamides is 1.